The van der Waals surface area contributed by atoms with E-state index in [2.05, 4.69) is 47.7 Å². The molecule has 1 aromatic carbocycles. The van der Waals surface area contributed by atoms with Crippen molar-refractivity contribution in [2.24, 2.45) is 0 Å². The minimum Gasteiger partial charge on any atom is -0.139 e. The van der Waals surface area contributed by atoms with Gasteiger partial charge in [-0.25, -0.2) is 0 Å². The second-order valence-electron chi connectivity index (χ2n) is 2.93. The van der Waals surface area contributed by atoms with Crippen LogP contribution in [-0.4, -0.2) is 0 Å². The summed E-state index contributed by atoms with van der Waals surface area (Å²) in [6.07, 6.45) is 0. The fourth-order valence-corrected chi connectivity index (χ4v) is 3.03. The van der Waals surface area contributed by atoms with Gasteiger partial charge in [0.05, 0.1) is 5.88 Å². The van der Waals surface area contributed by atoms with Gasteiger partial charge in [0.15, 0.2) is 0 Å². The van der Waals surface area contributed by atoms with E-state index < -0.39 is 0 Å². The van der Waals surface area contributed by atoms with Crippen LogP contribution in [0.4, 0.5) is 0 Å². The summed E-state index contributed by atoms with van der Waals surface area (Å²) in [5, 5.41) is 1.35. The first-order chi connectivity index (χ1) is 6.22. The molecule has 0 amide bonds. The summed E-state index contributed by atoms with van der Waals surface area (Å²) in [7, 11) is 0. The van der Waals surface area contributed by atoms with Crippen LogP contribution in [0, 0.1) is 10.5 Å². The first-order valence-corrected chi connectivity index (χ1v) is 6.39. The van der Waals surface area contributed by atoms with Crippen molar-refractivity contribution >= 4 is 55.6 Å². The Morgan fingerprint density at radius 2 is 2.23 bits per heavy atom. The molecule has 68 valence electrons. The molecule has 0 saturated carbocycles. The highest BCUT2D eigenvalue weighted by atomic mass is 127. The Morgan fingerprint density at radius 3 is 2.92 bits per heavy atom. The van der Waals surface area contributed by atoms with Gasteiger partial charge in [0.25, 0.3) is 0 Å². The van der Waals surface area contributed by atoms with Crippen LogP contribution < -0.4 is 0 Å². The molecule has 0 unspecified atom stereocenters. The summed E-state index contributed by atoms with van der Waals surface area (Å²) in [4.78, 5) is 1.25. The molecule has 0 nitrogen and oxygen atoms in total. The molecule has 2 aromatic rings. The Bertz CT molecular complexity index is 447. The number of hydrogen-bond donors (Lipinski definition) is 0. The van der Waals surface area contributed by atoms with Crippen LogP contribution in [0.15, 0.2) is 18.2 Å². The van der Waals surface area contributed by atoms with Gasteiger partial charge in [0, 0.05) is 13.1 Å². The molecule has 0 bridgehead atoms. The Morgan fingerprint density at radius 1 is 1.46 bits per heavy atom. The summed E-state index contributed by atoms with van der Waals surface area (Å²) in [5.41, 5.74) is 1.37. The third-order valence-corrected chi connectivity index (χ3v) is 4.80. The van der Waals surface area contributed by atoms with Crippen molar-refractivity contribution in [1.29, 1.82) is 0 Å². The molecule has 0 atom stereocenters. The van der Waals surface area contributed by atoms with E-state index in [0.717, 1.165) is 0 Å². The first-order valence-electron chi connectivity index (χ1n) is 3.96. The largest absolute Gasteiger partial charge is 0.139 e. The van der Waals surface area contributed by atoms with Crippen molar-refractivity contribution < 1.29 is 0 Å². The third kappa shape index (κ3) is 1.72. The van der Waals surface area contributed by atoms with E-state index in [9.17, 15) is 0 Å². The van der Waals surface area contributed by atoms with E-state index >= 15 is 0 Å². The number of benzene rings is 1. The second-order valence-corrected chi connectivity index (χ2v) is 5.53. The van der Waals surface area contributed by atoms with E-state index in [4.69, 9.17) is 11.6 Å². The summed E-state index contributed by atoms with van der Waals surface area (Å²) < 4.78 is 2.66. The van der Waals surface area contributed by atoms with Gasteiger partial charge in [0.2, 0.25) is 0 Å². The lowest BCUT2D eigenvalue weighted by Gasteiger charge is -1.97. The zero-order valence-electron chi connectivity index (χ0n) is 7.10. The number of hydrogen-bond acceptors (Lipinski definition) is 1. The summed E-state index contributed by atoms with van der Waals surface area (Å²) in [5.74, 6) is 0.620. The molecule has 0 aliphatic carbocycles. The van der Waals surface area contributed by atoms with Crippen LogP contribution in [0.2, 0.25) is 0 Å². The Kier molecular flexibility index (Phi) is 2.81. The predicted molar refractivity (Wildman–Crippen MR) is 68.8 cm³/mol. The molecule has 0 saturated heterocycles. The number of thiophene rings is 1. The van der Waals surface area contributed by atoms with Gasteiger partial charge in [-0.1, -0.05) is 0 Å². The lowest BCUT2D eigenvalue weighted by atomic mass is 10.1. The quantitative estimate of drug-likeness (QED) is 0.533. The van der Waals surface area contributed by atoms with Crippen LogP contribution in [-0.2, 0) is 5.88 Å². The zero-order chi connectivity index (χ0) is 9.42. The van der Waals surface area contributed by atoms with Crippen LogP contribution in [0.5, 0.6) is 0 Å². The number of rotatable bonds is 1. The number of alkyl halides is 1. The smallest absolute Gasteiger partial charge is 0.0568 e. The second kappa shape index (κ2) is 3.75. The van der Waals surface area contributed by atoms with Crippen molar-refractivity contribution in [3.63, 3.8) is 0 Å². The van der Waals surface area contributed by atoms with E-state index in [1.165, 1.54) is 24.1 Å². The fraction of sp³-hybridized carbons (Fsp3) is 0.200. The molecule has 3 heteroatoms. The van der Waals surface area contributed by atoms with E-state index in [1.807, 2.05) is 0 Å². The van der Waals surface area contributed by atoms with Gasteiger partial charge in [-0.3, -0.25) is 0 Å². The van der Waals surface area contributed by atoms with Gasteiger partial charge in [-0.15, -0.1) is 22.9 Å². The predicted octanol–water partition coefficient (Wildman–Crippen LogP) is 4.55. The van der Waals surface area contributed by atoms with Crippen LogP contribution in [0.25, 0.3) is 10.1 Å². The third-order valence-electron chi connectivity index (χ3n) is 2.09. The molecular formula is C10H8ClIS. The van der Waals surface area contributed by atoms with Gasteiger partial charge < -0.3 is 0 Å². The van der Waals surface area contributed by atoms with Crippen molar-refractivity contribution in [3.05, 3.63) is 32.2 Å². The molecule has 0 fully saturated rings. The highest BCUT2D eigenvalue weighted by Gasteiger charge is 2.05. The van der Waals surface area contributed by atoms with E-state index in [1.54, 1.807) is 11.3 Å². The first kappa shape index (κ1) is 9.74. The van der Waals surface area contributed by atoms with Gasteiger partial charge in [0.1, 0.15) is 0 Å². The molecule has 0 N–H and O–H groups in total. The standard InChI is InChI=1S/C10H8ClIS/c1-6-8-4-7(5-11)13-10(8)3-2-9(6)12/h2-4H,5H2,1H3. The normalized spacial score (nSPS) is 11.0. The highest BCUT2D eigenvalue weighted by molar-refractivity contribution is 14.1. The van der Waals surface area contributed by atoms with Crippen LogP contribution in [0.3, 0.4) is 0 Å². The average molecular weight is 323 g/mol. The Labute approximate surface area is 100 Å². The average Bonchev–Trinajstić information content (AvgIpc) is 2.55. The molecule has 13 heavy (non-hydrogen) atoms. The maximum absolute atomic E-state index is 5.80. The summed E-state index contributed by atoms with van der Waals surface area (Å²) in [6.45, 7) is 2.16. The molecule has 1 heterocycles. The van der Waals surface area contributed by atoms with Crippen molar-refractivity contribution in [1.82, 2.24) is 0 Å². The molecule has 0 aliphatic heterocycles. The van der Waals surface area contributed by atoms with Crippen LogP contribution in [0.1, 0.15) is 10.4 Å². The molecule has 2 rings (SSSR count). The minimum absolute atomic E-state index is 0.620. The molecule has 1 aromatic heterocycles. The SMILES string of the molecule is Cc1c(I)ccc2sc(CCl)cc12. The van der Waals surface area contributed by atoms with E-state index in [0.29, 0.717) is 5.88 Å². The monoisotopic (exact) mass is 322 g/mol. The Hall–Kier alpha value is 0.200. The molecular weight excluding hydrogens is 315 g/mol. The molecule has 0 aliphatic rings. The lowest BCUT2D eigenvalue weighted by Crippen LogP contribution is -1.78. The summed E-state index contributed by atoms with van der Waals surface area (Å²) in [6, 6.07) is 6.53. The minimum atomic E-state index is 0.620. The number of aryl methyl sites for hydroxylation is 1. The zero-order valence-corrected chi connectivity index (χ0v) is 10.8. The van der Waals surface area contributed by atoms with Gasteiger partial charge >= 0.3 is 0 Å². The van der Waals surface area contributed by atoms with Gasteiger partial charge in [-0.05, 0) is 58.7 Å². The topological polar surface area (TPSA) is 0 Å². The Balaban J connectivity index is 2.76. The fourth-order valence-electron chi connectivity index (χ4n) is 1.34. The van der Waals surface area contributed by atoms with Crippen molar-refractivity contribution in [2.45, 2.75) is 12.8 Å². The number of fused-ring (bicyclic) bond motifs is 1. The van der Waals surface area contributed by atoms with E-state index in [-0.39, 0.29) is 0 Å². The maximum Gasteiger partial charge on any atom is 0.0568 e. The summed E-state index contributed by atoms with van der Waals surface area (Å²) >= 11 is 9.95. The molecule has 0 radical (unpaired) electrons. The van der Waals surface area contributed by atoms with Gasteiger partial charge in [-0.2, -0.15) is 0 Å². The number of halogens is 2. The van der Waals surface area contributed by atoms with Crippen molar-refractivity contribution in [3.8, 4) is 0 Å². The van der Waals surface area contributed by atoms with Crippen LogP contribution >= 0.6 is 45.5 Å². The molecule has 0 spiro atoms. The van der Waals surface area contributed by atoms with Crippen molar-refractivity contribution in [2.75, 3.05) is 0 Å². The lowest BCUT2D eigenvalue weighted by molar-refractivity contribution is 1.48. The maximum atomic E-state index is 5.80. The highest BCUT2D eigenvalue weighted by Crippen LogP contribution is 2.31.